The maximum Gasteiger partial charge on any atom is 0.229 e. The molecule has 0 amide bonds. The van der Waals surface area contributed by atoms with E-state index in [2.05, 4.69) is 44.6 Å². The molecule has 0 spiro atoms. The highest BCUT2D eigenvalue weighted by Crippen LogP contribution is 2.35. The number of likely N-dealkylation sites (tertiary alicyclic amines) is 1. The Labute approximate surface area is 204 Å². The van der Waals surface area contributed by atoms with Crippen LogP contribution in [0.5, 0.6) is 5.75 Å². The molecule has 0 radical (unpaired) electrons. The molecular weight excluding hydrogens is 476 g/mol. The topological polar surface area (TPSA) is 67.9 Å². The van der Waals surface area contributed by atoms with Gasteiger partial charge in [0.1, 0.15) is 11.9 Å². The number of anilines is 1. The van der Waals surface area contributed by atoms with Crippen LogP contribution in [0.1, 0.15) is 35.1 Å². The van der Waals surface area contributed by atoms with E-state index in [-0.39, 0.29) is 12.2 Å². The number of benzene rings is 1. The Kier molecular flexibility index (Phi) is 8.43. The molecule has 0 bridgehead atoms. The van der Waals surface area contributed by atoms with E-state index < -0.39 is 10.0 Å². The van der Waals surface area contributed by atoms with Crippen molar-refractivity contribution in [1.82, 2.24) is 4.90 Å². The number of nitrogens with one attached hydrogen (secondary N) is 1. The summed E-state index contributed by atoms with van der Waals surface area (Å²) in [5.74, 6) is 0.559. The number of hydrogen-bond donors (Lipinski definition) is 1. The molecule has 1 N–H and O–H groups in total. The molecule has 0 atom stereocenters. The van der Waals surface area contributed by atoms with E-state index in [1.165, 1.54) is 9.75 Å². The summed E-state index contributed by atoms with van der Waals surface area (Å²) in [5, 5.41) is 4.22. The third-order valence-corrected chi connectivity index (χ3v) is 7.95. The van der Waals surface area contributed by atoms with Crippen LogP contribution in [-0.2, 0) is 14.8 Å². The summed E-state index contributed by atoms with van der Waals surface area (Å²) in [4.78, 5) is 4.99. The van der Waals surface area contributed by atoms with Crippen molar-refractivity contribution >= 4 is 38.4 Å². The first-order valence-electron chi connectivity index (χ1n) is 11.1. The van der Waals surface area contributed by atoms with Crippen molar-refractivity contribution in [1.29, 1.82) is 0 Å². The highest BCUT2D eigenvalue weighted by Gasteiger charge is 2.25. The predicted octanol–water partition coefficient (Wildman–Crippen LogP) is 5.22. The average Bonchev–Trinajstić information content (AvgIpc) is 3.51. The van der Waals surface area contributed by atoms with E-state index in [1.54, 1.807) is 40.9 Å². The molecule has 0 unspecified atom stereocenters. The third-order valence-electron chi connectivity index (χ3n) is 5.52. The summed E-state index contributed by atoms with van der Waals surface area (Å²) in [6.07, 6.45) is 4.37. The minimum absolute atomic E-state index is 0.0376. The predicted molar refractivity (Wildman–Crippen MR) is 136 cm³/mol. The molecule has 1 fully saturated rings. The molecule has 178 valence electrons. The molecule has 1 saturated heterocycles. The van der Waals surface area contributed by atoms with Crippen molar-refractivity contribution in [2.75, 3.05) is 37.2 Å². The van der Waals surface area contributed by atoms with E-state index in [0.29, 0.717) is 18.0 Å². The minimum atomic E-state index is -3.34. The molecule has 1 aliphatic heterocycles. The summed E-state index contributed by atoms with van der Waals surface area (Å²) in [7, 11) is -3.34. The molecule has 1 aromatic carbocycles. The number of piperidine rings is 1. The molecule has 6 nitrogen and oxygen atoms in total. The van der Waals surface area contributed by atoms with Gasteiger partial charge in [0.15, 0.2) is 0 Å². The van der Waals surface area contributed by atoms with Crippen LogP contribution in [-0.4, -0.2) is 51.9 Å². The van der Waals surface area contributed by atoms with Gasteiger partial charge in [0.25, 0.3) is 0 Å². The normalized spacial score (nSPS) is 15.7. The van der Waals surface area contributed by atoms with Crippen LogP contribution >= 0.6 is 22.7 Å². The molecule has 0 aliphatic carbocycles. The van der Waals surface area contributed by atoms with Crippen LogP contribution in [0.15, 0.2) is 59.3 Å². The second kappa shape index (κ2) is 11.5. The van der Waals surface area contributed by atoms with Crippen LogP contribution in [0, 0.1) is 0 Å². The van der Waals surface area contributed by atoms with Gasteiger partial charge >= 0.3 is 0 Å². The maximum atomic E-state index is 11.5. The van der Waals surface area contributed by atoms with Gasteiger partial charge in [-0.2, -0.15) is 0 Å². The van der Waals surface area contributed by atoms with Crippen molar-refractivity contribution < 1.29 is 17.9 Å². The molecule has 9 heteroatoms. The Bertz CT molecular complexity index is 1040. The summed E-state index contributed by atoms with van der Waals surface area (Å²) in [6.45, 7) is 3.52. The van der Waals surface area contributed by atoms with Gasteiger partial charge in [0.2, 0.25) is 10.0 Å². The fourth-order valence-electron chi connectivity index (χ4n) is 3.96. The van der Waals surface area contributed by atoms with E-state index in [0.717, 1.165) is 45.2 Å². The lowest BCUT2D eigenvalue weighted by Gasteiger charge is -2.33. The zero-order valence-electron chi connectivity index (χ0n) is 18.7. The fourth-order valence-corrected chi connectivity index (χ4v) is 6.16. The number of thiophene rings is 2. The summed E-state index contributed by atoms with van der Waals surface area (Å²) in [6, 6.07) is 15.6. The minimum Gasteiger partial charge on any atom is -0.491 e. The Balaban J connectivity index is 1.21. The van der Waals surface area contributed by atoms with E-state index in [1.807, 2.05) is 6.07 Å². The Morgan fingerprint density at radius 1 is 1.03 bits per heavy atom. The van der Waals surface area contributed by atoms with Gasteiger partial charge in [0.05, 0.1) is 24.7 Å². The maximum absolute atomic E-state index is 11.5. The van der Waals surface area contributed by atoms with Gasteiger partial charge in [-0.1, -0.05) is 24.3 Å². The number of sulfonamides is 1. The van der Waals surface area contributed by atoms with Gasteiger partial charge in [-0.05, 0) is 54.3 Å². The second-order valence-electron chi connectivity index (χ2n) is 8.16. The largest absolute Gasteiger partial charge is 0.491 e. The van der Waals surface area contributed by atoms with E-state index in [4.69, 9.17) is 9.47 Å². The standard InChI is InChI=1S/C24H30N2O4S3/c1-33(27,28)25-20-7-2-3-8-21(20)29-16-6-13-26-14-11-19(12-15-26)30-24(22-9-4-17-31-22)23-10-5-18-32-23/h2-5,7-10,17-19,24-25H,6,11-16H2,1H3. The Hall–Kier alpha value is -1.91. The van der Waals surface area contributed by atoms with Crippen molar-refractivity contribution in [2.45, 2.75) is 31.5 Å². The first-order valence-corrected chi connectivity index (χ1v) is 14.8. The van der Waals surface area contributed by atoms with Gasteiger partial charge in [-0.15, -0.1) is 22.7 Å². The number of hydrogen-bond acceptors (Lipinski definition) is 7. The first kappa shape index (κ1) is 24.2. The van der Waals surface area contributed by atoms with Gasteiger partial charge in [0, 0.05) is 29.4 Å². The number of nitrogens with zero attached hydrogens (tertiary/aromatic N) is 1. The summed E-state index contributed by atoms with van der Waals surface area (Å²) in [5.41, 5.74) is 0.476. The molecule has 2 aromatic heterocycles. The molecular formula is C24H30N2O4S3. The highest BCUT2D eigenvalue weighted by molar-refractivity contribution is 7.92. The molecule has 33 heavy (non-hydrogen) atoms. The van der Waals surface area contributed by atoms with Gasteiger partial charge < -0.3 is 14.4 Å². The quantitative estimate of drug-likeness (QED) is 0.361. The second-order valence-corrected chi connectivity index (χ2v) is 11.9. The van der Waals surface area contributed by atoms with Crippen molar-refractivity contribution in [3.05, 3.63) is 69.0 Å². The zero-order valence-corrected chi connectivity index (χ0v) is 21.1. The summed E-state index contributed by atoms with van der Waals surface area (Å²) < 4.78 is 38.0. The van der Waals surface area contributed by atoms with E-state index in [9.17, 15) is 8.42 Å². The summed E-state index contributed by atoms with van der Waals surface area (Å²) >= 11 is 3.51. The van der Waals surface area contributed by atoms with Crippen molar-refractivity contribution in [3.8, 4) is 5.75 Å². The van der Waals surface area contributed by atoms with Crippen LogP contribution in [0.25, 0.3) is 0 Å². The SMILES string of the molecule is CS(=O)(=O)Nc1ccccc1OCCCN1CCC(OC(c2cccs2)c2cccs2)CC1. The molecule has 4 rings (SSSR count). The first-order chi connectivity index (χ1) is 16.0. The van der Waals surface area contributed by atoms with Gasteiger partial charge in [-0.25, -0.2) is 8.42 Å². The number of para-hydroxylation sites is 2. The molecule has 3 aromatic rings. The van der Waals surface area contributed by atoms with Crippen LogP contribution in [0.3, 0.4) is 0 Å². The van der Waals surface area contributed by atoms with Crippen LogP contribution < -0.4 is 9.46 Å². The zero-order chi connectivity index (χ0) is 23.1. The number of ether oxygens (including phenoxy) is 2. The number of rotatable bonds is 11. The van der Waals surface area contributed by atoms with Crippen molar-refractivity contribution in [2.24, 2.45) is 0 Å². The molecule has 1 aliphatic rings. The average molecular weight is 507 g/mol. The lowest BCUT2D eigenvalue weighted by molar-refractivity contribution is -0.0246. The van der Waals surface area contributed by atoms with E-state index >= 15 is 0 Å². The van der Waals surface area contributed by atoms with Crippen LogP contribution in [0.4, 0.5) is 5.69 Å². The van der Waals surface area contributed by atoms with Crippen molar-refractivity contribution in [3.63, 3.8) is 0 Å². The smallest absolute Gasteiger partial charge is 0.229 e. The van der Waals surface area contributed by atoms with Crippen LogP contribution in [0.2, 0.25) is 0 Å². The molecule has 0 saturated carbocycles. The Morgan fingerprint density at radius 3 is 2.30 bits per heavy atom. The Morgan fingerprint density at radius 2 is 1.70 bits per heavy atom. The highest BCUT2D eigenvalue weighted by atomic mass is 32.2. The monoisotopic (exact) mass is 506 g/mol. The van der Waals surface area contributed by atoms with Gasteiger partial charge in [-0.3, -0.25) is 4.72 Å². The fraction of sp³-hybridized carbons (Fsp3) is 0.417. The lowest BCUT2D eigenvalue weighted by atomic mass is 10.1. The lowest BCUT2D eigenvalue weighted by Crippen LogP contribution is -2.38. The third kappa shape index (κ3) is 7.28. The molecule has 3 heterocycles.